The summed E-state index contributed by atoms with van der Waals surface area (Å²) in [5.74, 6) is -0.174. The highest BCUT2D eigenvalue weighted by molar-refractivity contribution is 7.54. The Morgan fingerprint density at radius 3 is 2.05 bits per heavy atom. The van der Waals surface area contributed by atoms with Gasteiger partial charge in [0.2, 0.25) is 5.91 Å². The van der Waals surface area contributed by atoms with Gasteiger partial charge in [0.05, 0.1) is 0 Å². The van der Waals surface area contributed by atoms with E-state index in [2.05, 4.69) is 0 Å². The highest BCUT2D eigenvalue weighted by Gasteiger charge is 2.28. The van der Waals surface area contributed by atoms with Crippen molar-refractivity contribution in [2.75, 3.05) is 24.8 Å². The first-order chi connectivity index (χ1) is 9.83. The van der Waals surface area contributed by atoms with Crippen LogP contribution in [-0.4, -0.2) is 46.4 Å². The molecule has 0 bridgehead atoms. The van der Waals surface area contributed by atoms with Crippen molar-refractivity contribution in [2.45, 2.75) is 45.1 Å². The maximum Gasteiger partial charge on any atom is 0.368 e. The van der Waals surface area contributed by atoms with Crippen LogP contribution in [0.25, 0.3) is 0 Å². The zero-order chi connectivity index (χ0) is 16.3. The fourth-order valence-corrected chi connectivity index (χ4v) is 3.93. The molecule has 21 heavy (non-hydrogen) atoms. The van der Waals surface area contributed by atoms with Gasteiger partial charge in [0, 0.05) is 37.8 Å². The van der Waals surface area contributed by atoms with Crippen molar-refractivity contribution in [2.24, 2.45) is 5.73 Å². The lowest BCUT2D eigenvalue weighted by atomic mass is 9.97. The van der Waals surface area contributed by atoms with Crippen LogP contribution in [0.3, 0.4) is 0 Å². The molecule has 0 aromatic heterocycles. The Labute approximate surface area is 136 Å². The number of nitrogens with one attached hydrogen (secondary N) is 1. The summed E-state index contributed by atoms with van der Waals surface area (Å²) < 4.78 is 12.7. The van der Waals surface area contributed by atoms with Crippen molar-refractivity contribution in [3.05, 3.63) is 0 Å². The molecule has 0 aliphatic heterocycles. The van der Waals surface area contributed by atoms with E-state index in [0.29, 0.717) is 6.04 Å². The van der Waals surface area contributed by atoms with Crippen LogP contribution in [0, 0.1) is 0 Å². The molecule has 6 nitrogen and oxygen atoms in total. The minimum absolute atomic E-state index is 0.195. The van der Waals surface area contributed by atoms with Gasteiger partial charge in [-0.15, -0.1) is 23.2 Å². The van der Waals surface area contributed by atoms with Crippen LogP contribution in [0.1, 0.15) is 39.0 Å². The molecule has 1 atom stereocenters. The topological polar surface area (TPSA) is 95.7 Å². The zero-order valence-electron chi connectivity index (χ0n) is 12.4. The summed E-state index contributed by atoms with van der Waals surface area (Å²) >= 11 is 10.9. The summed E-state index contributed by atoms with van der Waals surface area (Å²) in [4.78, 5) is 20.1. The minimum atomic E-state index is -3.83. The SMILES string of the molecule is CC(=O)NP(=O)(O)N(CCCl)CCCl.NC1CCCCC1. The minimum Gasteiger partial charge on any atom is -0.328 e. The Balaban J connectivity index is 0.000000471. The van der Waals surface area contributed by atoms with E-state index >= 15 is 0 Å². The molecule has 0 radical (unpaired) electrons. The van der Waals surface area contributed by atoms with Gasteiger partial charge in [0.25, 0.3) is 0 Å². The summed E-state index contributed by atoms with van der Waals surface area (Å²) in [5.41, 5.74) is 5.63. The fraction of sp³-hybridized carbons (Fsp3) is 0.917. The molecule has 0 spiro atoms. The third-order valence-electron chi connectivity index (χ3n) is 3.02. The number of nitrogens with two attached hydrogens (primary N) is 1. The van der Waals surface area contributed by atoms with E-state index in [4.69, 9.17) is 28.9 Å². The first-order valence-corrected chi connectivity index (χ1v) is 9.76. The number of alkyl halides is 2. The second-order valence-electron chi connectivity index (χ2n) is 4.94. The molecule has 4 N–H and O–H groups in total. The Kier molecular flexibility index (Phi) is 11.8. The van der Waals surface area contributed by atoms with Gasteiger partial charge < -0.3 is 10.6 Å². The van der Waals surface area contributed by atoms with Gasteiger partial charge in [-0.05, 0) is 12.8 Å². The van der Waals surface area contributed by atoms with Crippen LogP contribution in [0.5, 0.6) is 0 Å². The number of nitrogens with zero attached hydrogens (tertiary/aromatic N) is 1. The average Bonchev–Trinajstić information content (AvgIpc) is 2.38. The third kappa shape index (κ3) is 10.5. The molecule has 1 aliphatic rings. The molecule has 1 saturated carbocycles. The standard InChI is InChI=1S/C6H13Cl2N2O3P.C6H13N/c1-6(11)9-14(12,13)10(4-2-7)5-3-8;7-6-4-2-1-3-5-6/h2-5H2,1H3,(H2,9,11,12,13);6H,1-5,7H2. The van der Waals surface area contributed by atoms with E-state index in [1.807, 2.05) is 5.09 Å². The Hall–Kier alpha value is 0.160. The molecular formula is C12H26Cl2N3O3P. The number of carbonyl (C=O) groups excluding carboxylic acids is 1. The first kappa shape index (κ1) is 21.2. The third-order valence-corrected chi connectivity index (χ3v) is 5.13. The Bertz CT molecular complexity index is 336. The maximum atomic E-state index is 11.5. The first-order valence-electron chi connectivity index (χ1n) is 7.08. The van der Waals surface area contributed by atoms with E-state index in [0.717, 1.165) is 4.67 Å². The largest absolute Gasteiger partial charge is 0.368 e. The van der Waals surface area contributed by atoms with Crippen molar-refractivity contribution in [3.8, 4) is 0 Å². The van der Waals surface area contributed by atoms with Gasteiger partial charge in [-0.3, -0.25) is 9.88 Å². The quantitative estimate of drug-likeness (QED) is 0.498. The van der Waals surface area contributed by atoms with Gasteiger partial charge in [-0.1, -0.05) is 19.3 Å². The molecule has 126 valence electrons. The number of hydrogen-bond acceptors (Lipinski definition) is 3. The Morgan fingerprint density at radius 2 is 1.76 bits per heavy atom. The normalized spacial score (nSPS) is 18.6. The van der Waals surface area contributed by atoms with Crippen LogP contribution in [0.15, 0.2) is 0 Å². The monoisotopic (exact) mass is 361 g/mol. The number of carbonyl (C=O) groups is 1. The summed E-state index contributed by atoms with van der Waals surface area (Å²) in [7, 11) is -3.83. The molecule has 0 heterocycles. The molecule has 1 rings (SSSR count). The van der Waals surface area contributed by atoms with Crippen molar-refractivity contribution in [1.82, 2.24) is 9.76 Å². The number of hydrogen-bond donors (Lipinski definition) is 3. The molecule has 1 aliphatic carbocycles. The molecule has 0 aromatic rings. The van der Waals surface area contributed by atoms with Crippen molar-refractivity contribution >= 4 is 36.8 Å². The van der Waals surface area contributed by atoms with Crippen LogP contribution in [-0.2, 0) is 9.36 Å². The molecule has 0 aromatic carbocycles. The molecular weight excluding hydrogens is 336 g/mol. The van der Waals surface area contributed by atoms with Gasteiger partial charge in [0.15, 0.2) is 0 Å². The maximum absolute atomic E-state index is 11.5. The van der Waals surface area contributed by atoms with Crippen molar-refractivity contribution < 1.29 is 14.3 Å². The zero-order valence-corrected chi connectivity index (χ0v) is 14.8. The van der Waals surface area contributed by atoms with Crippen LogP contribution in [0.2, 0.25) is 0 Å². The van der Waals surface area contributed by atoms with Crippen molar-refractivity contribution in [1.29, 1.82) is 0 Å². The van der Waals surface area contributed by atoms with Gasteiger partial charge in [-0.25, -0.2) is 9.24 Å². The van der Waals surface area contributed by atoms with Gasteiger partial charge in [0.1, 0.15) is 0 Å². The van der Waals surface area contributed by atoms with Gasteiger partial charge in [-0.2, -0.15) is 0 Å². The fourth-order valence-electron chi connectivity index (χ4n) is 1.99. The molecule has 9 heteroatoms. The highest BCUT2D eigenvalue weighted by atomic mass is 35.5. The van der Waals surface area contributed by atoms with E-state index in [1.54, 1.807) is 0 Å². The average molecular weight is 362 g/mol. The van der Waals surface area contributed by atoms with Crippen molar-refractivity contribution in [3.63, 3.8) is 0 Å². The second-order valence-corrected chi connectivity index (χ2v) is 7.58. The van der Waals surface area contributed by atoms with E-state index in [1.165, 1.54) is 39.0 Å². The predicted molar refractivity (Wildman–Crippen MR) is 87.7 cm³/mol. The smallest absolute Gasteiger partial charge is 0.328 e. The molecule has 1 amide bonds. The summed E-state index contributed by atoms with van der Waals surface area (Å²) in [6.45, 7) is 1.56. The summed E-state index contributed by atoms with van der Waals surface area (Å²) in [6, 6.07) is 0.536. The number of halogens is 2. The number of amides is 1. The predicted octanol–water partition coefficient (Wildman–Crippen LogP) is 2.28. The molecule has 1 unspecified atom stereocenters. The van der Waals surface area contributed by atoms with Crippen LogP contribution < -0.4 is 10.8 Å². The van der Waals surface area contributed by atoms with E-state index < -0.39 is 13.6 Å². The molecule has 1 fully saturated rings. The van der Waals surface area contributed by atoms with Gasteiger partial charge >= 0.3 is 7.67 Å². The summed E-state index contributed by atoms with van der Waals surface area (Å²) in [5, 5.41) is 1.97. The highest BCUT2D eigenvalue weighted by Crippen LogP contribution is 2.39. The Morgan fingerprint density at radius 1 is 1.29 bits per heavy atom. The van der Waals surface area contributed by atoms with Crippen LogP contribution in [0.4, 0.5) is 0 Å². The second kappa shape index (κ2) is 11.7. The lowest BCUT2D eigenvalue weighted by Gasteiger charge is -2.25. The molecule has 0 saturated heterocycles. The lowest BCUT2D eigenvalue weighted by Crippen LogP contribution is -2.33. The van der Waals surface area contributed by atoms with E-state index in [-0.39, 0.29) is 24.8 Å². The van der Waals surface area contributed by atoms with Crippen LogP contribution >= 0.6 is 30.9 Å². The summed E-state index contributed by atoms with van der Waals surface area (Å²) in [6.07, 6.45) is 6.66. The number of rotatable bonds is 6. The lowest BCUT2D eigenvalue weighted by molar-refractivity contribution is -0.117. The van der Waals surface area contributed by atoms with E-state index in [9.17, 15) is 14.3 Å².